The molecule has 0 amide bonds. The standard InChI is InChI=1S/C12H20O2Si/c1-9-4-5-10-6-11(9)7-15(2,3)8-14-12(10)13/h10H,4-8H2,1-3H3/t10-/m1/s1. The van der Waals surface area contributed by atoms with Crippen LogP contribution in [0.4, 0.5) is 0 Å². The minimum absolute atomic E-state index is 0.0558. The van der Waals surface area contributed by atoms with Gasteiger partial charge in [-0.25, -0.2) is 0 Å². The molecule has 0 aromatic heterocycles. The van der Waals surface area contributed by atoms with E-state index in [4.69, 9.17) is 4.74 Å². The second kappa shape index (κ2) is 3.78. The molecule has 1 aliphatic carbocycles. The van der Waals surface area contributed by atoms with Gasteiger partial charge in [0.1, 0.15) is 0 Å². The average Bonchev–Trinajstić information content (AvgIpc) is 2.16. The third kappa shape index (κ3) is 2.33. The molecule has 1 heterocycles. The van der Waals surface area contributed by atoms with Gasteiger partial charge in [0.15, 0.2) is 0 Å². The minimum Gasteiger partial charge on any atom is -0.469 e. The van der Waals surface area contributed by atoms with Crippen LogP contribution in [-0.4, -0.2) is 20.3 Å². The van der Waals surface area contributed by atoms with Crippen molar-refractivity contribution in [2.75, 3.05) is 6.23 Å². The summed E-state index contributed by atoms with van der Waals surface area (Å²) < 4.78 is 5.42. The molecule has 0 aromatic carbocycles. The van der Waals surface area contributed by atoms with Crippen LogP contribution in [0.3, 0.4) is 0 Å². The van der Waals surface area contributed by atoms with Crippen LogP contribution in [0, 0.1) is 5.92 Å². The molecule has 0 aromatic rings. The monoisotopic (exact) mass is 224 g/mol. The molecule has 15 heavy (non-hydrogen) atoms. The molecule has 84 valence electrons. The highest BCUT2D eigenvalue weighted by Crippen LogP contribution is 2.36. The van der Waals surface area contributed by atoms with Gasteiger partial charge in [-0.1, -0.05) is 24.2 Å². The Morgan fingerprint density at radius 2 is 2.13 bits per heavy atom. The molecule has 3 heteroatoms. The van der Waals surface area contributed by atoms with Gasteiger partial charge in [-0.05, 0) is 32.2 Å². The molecule has 1 aliphatic heterocycles. The normalized spacial score (nSPS) is 30.6. The van der Waals surface area contributed by atoms with Crippen LogP contribution in [0.2, 0.25) is 19.1 Å². The van der Waals surface area contributed by atoms with E-state index in [0.717, 1.165) is 19.3 Å². The lowest BCUT2D eigenvalue weighted by atomic mass is 9.85. The Morgan fingerprint density at radius 1 is 1.40 bits per heavy atom. The summed E-state index contributed by atoms with van der Waals surface area (Å²) in [5.41, 5.74) is 3.11. The van der Waals surface area contributed by atoms with Crippen LogP contribution < -0.4 is 0 Å². The zero-order valence-corrected chi connectivity index (χ0v) is 10.9. The van der Waals surface area contributed by atoms with Gasteiger partial charge >= 0.3 is 5.97 Å². The fourth-order valence-electron chi connectivity index (χ4n) is 2.58. The van der Waals surface area contributed by atoms with Gasteiger partial charge in [-0.2, -0.15) is 0 Å². The summed E-state index contributed by atoms with van der Waals surface area (Å²) in [5.74, 6) is 0.217. The van der Waals surface area contributed by atoms with Crippen LogP contribution in [0.15, 0.2) is 11.1 Å². The van der Waals surface area contributed by atoms with Crippen molar-refractivity contribution in [3.63, 3.8) is 0 Å². The van der Waals surface area contributed by atoms with Crippen LogP contribution in [0.25, 0.3) is 0 Å². The number of carbonyl (C=O) groups is 1. The molecule has 0 spiro atoms. The predicted octanol–water partition coefficient (Wildman–Crippen LogP) is 2.91. The molecule has 0 radical (unpaired) electrons. The van der Waals surface area contributed by atoms with Crippen molar-refractivity contribution < 1.29 is 9.53 Å². The Hall–Kier alpha value is -0.573. The maximum Gasteiger partial charge on any atom is 0.308 e. The first-order valence-electron chi connectivity index (χ1n) is 5.82. The van der Waals surface area contributed by atoms with Crippen molar-refractivity contribution in [2.24, 2.45) is 5.92 Å². The summed E-state index contributed by atoms with van der Waals surface area (Å²) >= 11 is 0. The van der Waals surface area contributed by atoms with Gasteiger partial charge in [0.2, 0.25) is 0 Å². The van der Waals surface area contributed by atoms with Gasteiger partial charge in [-0.3, -0.25) is 4.79 Å². The van der Waals surface area contributed by atoms with Gasteiger partial charge in [0, 0.05) is 0 Å². The average molecular weight is 224 g/mol. The Labute approximate surface area is 92.7 Å². The topological polar surface area (TPSA) is 26.3 Å². The maximum absolute atomic E-state index is 11.7. The van der Waals surface area contributed by atoms with E-state index in [1.54, 1.807) is 11.1 Å². The number of rotatable bonds is 0. The third-order valence-electron chi connectivity index (χ3n) is 3.59. The lowest BCUT2D eigenvalue weighted by Gasteiger charge is -2.33. The number of cyclic esters (lactones) is 1. The number of hydrogen-bond donors (Lipinski definition) is 0. The summed E-state index contributed by atoms with van der Waals surface area (Å²) in [6, 6.07) is 1.22. The molecule has 1 fully saturated rings. The molecular weight excluding hydrogens is 204 g/mol. The molecule has 0 unspecified atom stereocenters. The number of fused-ring (bicyclic) bond motifs is 2. The number of carbonyl (C=O) groups excluding carboxylic acids is 1. The van der Waals surface area contributed by atoms with E-state index in [-0.39, 0.29) is 11.9 Å². The number of esters is 1. The minimum atomic E-state index is -1.34. The first-order valence-corrected chi connectivity index (χ1v) is 9.23. The summed E-state index contributed by atoms with van der Waals surface area (Å²) in [5, 5.41) is 0. The largest absolute Gasteiger partial charge is 0.469 e. The van der Waals surface area contributed by atoms with E-state index in [1.807, 2.05) is 0 Å². The molecule has 0 saturated carbocycles. The zero-order valence-electron chi connectivity index (χ0n) is 9.93. The zero-order chi connectivity index (χ0) is 11.1. The predicted molar refractivity (Wildman–Crippen MR) is 63.3 cm³/mol. The summed E-state index contributed by atoms with van der Waals surface area (Å²) in [4.78, 5) is 11.7. The van der Waals surface area contributed by atoms with Gasteiger partial charge in [-0.15, -0.1) is 0 Å². The number of ether oxygens (including phenoxy) is 1. The Balaban J connectivity index is 2.27. The van der Waals surface area contributed by atoms with Gasteiger partial charge in [0.05, 0.1) is 20.2 Å². The van der Waals surface area contributed by atoms with E-state index in [2.05, 4.69) is 20.0 Å². The van der Waals surface area contributed by atoms with E-state index >= 15 is 0 Å². The SMILES string of the molecule is CC1=C2C[C@@H](CC1)C(=O)OC[Si](C)(C)C2. The van der Waals surface area contributed by atoms with Crippen molar-refractivity contribution >= 4 is 14.0 Å². The van der Waals surface area contributed by atoms with E-state index < -0.39 is 8.07 Å². The number of hydrogen-bond acceptors (Lipinski definition) is 2. The fraction of sp³-hybridized carbons (Fsp3) is 0.750. The highest BCUT2D eigenvalue weighted by Gasteiger charge is 2.34. The van der Waals surface area contributed by atoms with Gasteiger partial charge < -0.3 is 4.74 Å². The first-order chi connectivity index (χ1) is 6.98. The van der Waals surface area contributed by atoms with Crippen LogP contribution >= 0.6 is 0 Å². The van der Waals surface area contributed by atoms with Crippen molar-refractivity contribution in [3.05, 3.63) is 11.1 Å². The van der Waals surface area contributed by atoms with Gasteiger partial charge in [0.25, 0.3) is 0 Å². The number of allylic oxidation sites excluding steroid dienone is 2. The van der Waals surface area contributed by atoms with Crippen molar-refractivity contribution in [1.82, 2.24) is 0 Å². The molecule has 1 saturated heterocycles. The highest BCUT2D eigenvalue weighted by molar-refractivity contribution is 6.78. The molecule has 2 aliphatic rings. The van der Waals surface area contributed by atoms with Crippen molar-refractivity contribution in [1.29, 1.82) is 0 Å². The highest BCUT2D eigenvalue weighted by atomic mass is 28.3. The second-order valence-electron chi connectivity index (χ2n) is 5.77. The summed E-state index contributed by atoms with van der Waals surface area (Å²) in [7, 11) is -1.34. The van der Waals surface area contributed by atoms with Crippen LogP contribution in [0.1, 0.15) is 26.2 Å². The molecule has 2 nitrogen and oxygen atoms in total. The van der Waals surface area contributed by atoms with Crippen molar-refractivity contribution in [3.8, 4) is 0 Å². The maximum atomic E-state index is 11.7. The van der Waals surface area contributed by atoms with E-state index in [0.29, 0.717) is 6.23 Å². The summed E-state index contributed by atoms with van der Waals surface area (Å²) in [6.45, 7) is 6.87. The first kappa shape index (κ1) is 10.9. The molecule has 2 bridgehead atoms. The Morgan fingerprint density at radius 3 is 2.87 bits per heavy atom. The summed E-state index contributed by atoms with van der Waals surface area (Å²) in [6.07, 6.45) is 3.77. The fourth-order valence-corrected chi connectivity index (χ4v) is 4.82. The van der Waals surface area contributed by atoms with E-state index in [1.165, 1.54) is 6.04 Å². The second-order valence-corrected chi connectivity index (χ2v) is 10.7. The molecule has 1 atom stereocenters. The lowest BCUT2D eigenvalue weighted by molar-refractivity contribution is -0.147. The lowest BCUT2D eigenvalue weighted by Crippen LogP contribution is -2.39. The molecular formula is C12H20O2Si. The molecule has 0 N–H and O–H groups in total. The Bertz CT molecular complexity index is 318. The van der Waals surface area contributed by atoms with Crippen LogP contribution in [-0.2, 0) is 9.53 Å². The Kier molecular flexibility index (Phi) is 2.75. The molecule has 2 rings (SSSR count). The third-order valence-corrected chi connectivity index (χ3v) is 5.90. The smallest absolute Gasteiger partial charge is 0.308 e. The van der Waals surface area contributed by atoms with Crippen molar-refractivity contribution in [2.45, 2.75) is 45.3 Å². The quantitative estimate of drug-likeness (QED) is 0.359. The van der Waals surface area contributed by atoms with E-state index in [9.17, 15) is 4.79 Å². The van der Waals surface area contributed by atoms with Crippen LogP contribution in [0.5, 0.6) is 0 Å².